The lowest BCUT2D eigenvalue weighted by atomic mass is 10.0. The highest BCUT2D eigenvalue weighted by Gasteiger charge is 2.43. The summed E-state index contributed by atoms with van der Waals surface area (Å²) in [5, 5.41) is 2.89. The predicted octanol–water partition coefficient (Wildman–Crippen LogP) is 4.55. The quantitative estimate of drug-likeness (QED) is 0.482. The van der Waals surface area contributed by atoms with Gasteiger partial charge in [-0.3, -0.25) is 14.4 Å². The fourth-order valence-corrected chi connectivity index (χ4v) is 6.30. The molecule has 38 heavy (non-hydrogen) atoms. The monoisotopic (exact) mass is 534 g/mol. The molecule has 2 unspecified atom stereocenters. The van der Waals surface area contributed by atoms with Gasteiger partial charge < -0.3 is 15.1 Å². The summed E-state index contributed by atoms with van der Waals surface area (Å²) in [7, 11) is 0. The molecule has 1 N–H and O–H groups in total. The van der Waals surface area contributed by atoms with E-state index in [1.165, 1.54) is 17.4 Å². The number of aromatic nitrogens is 1. The lowest BCUT2D eigenvalue weighted by Crippen LogP contribution is -2.55. The van der Waals surface area contributed by atoms with Crippen molar-refractivity contribution < 1.29 is 18.8 Å². The third-order valence-electron chi connectivity index (χ3n) is 7.40. The van der Waals surface area contributed by atoms with E-state index in [0.717, 1.165) is 16.1 Å². The maximum absolute atomic E-state index is 14.8. The standard InChI is InChI=1S/C29H31FN4O3S/c1-17(2)25(34-15-20-7-4-5-8-21(20)28(34)36)29(37)33-12-6-9-24(33)27(35)31-14-19-10-11-22(23(30)13-19)26-18(3)32-16-38-26/h4-5,7-8,10-11,13,16-17,24-25H,6,9,12,14-15H2,1-3H3,(H,31,35). The van der Waals surface area contributed by atoms with E-state index >= 15 is 0 Å². The van der Waals surface area contributed by atoms with Crippen LogP contribution in [-0.2, 0) is 22.7 Å². The first-order valence-electron chi connectivity index (χ1n) is 12.9. The van der Waals surface area contributed by atoms with Crippen molar-refractivity contribution in [1.29, 1.82) is 0 Å². The number of nitrogens with one attached hydrogen (secondary N) is 1. The van der Waals surface area contributed by atoms with E-state index in [4.69, 9.17) is 0 Å². The van der Waals surface area contributed by atoms with Gasteiger partial charge in [-0.1, -0.05) is 44.2 Å². The van der Waals surface area contributed by atoms with Crippen LogP contribution in [0.1, 0.15) is 53.9 Å². The average molecular weight is 535 g/mol. The van der Waals surface area contributed by atoms with Crippen molar-refractivity contribution in [3.05, 3.63) is 76.2 Å². The van der Waals surface area contributed by atoms with Gasteiger partial charge in [0.1, 0.15) is 17.9 Å². The average Bonchev–Trinajstić information content (AvgIpc) is 3.62. The number of benzene rings is 2. The Morgan fingerprint density at radius 3 is 2.66 bits per heavy atom. The summed E-state index contributed by atoms with van der Waals surface area (Å²) < 4.78 is 14.8. The summed E-state index contributed by atoms with van der Waals surface area (Å²) in [4.78, 5) is 48.3. The highest BCUT2D eigenvalue weighted by Crippen LogP contribution is 2.31. The Bertz CT molecular complexity index is 1390. The first kappa shape index (κ1) is 26.0. The van der Waals surface area contributed by atoms with Crippen molar-refractivity contribution in [2.24, 2.45) is 5.92 Å². The Kier molecular flexibility index (Phi) is 7.29. The third-order valence-corrected chi connectivity index (χ3v) is 8.36. The zero-order chi connectivity index (χ0) is 27.0. The zero-order valence-electron chi connectivity index (χ0n) is 21.7. The molecule has 7 nitrogen and oxygen atoms in total. The summed E-state index contributed by atoms with van der Waals surface area (Å²) in [6.45, 7) is 6.70. The van der Waals surface area contributed by atoms with Crippen LogP contribution in [0.5, 0.6) is 0 Å². The van der Waals surface area contributed by atoms with Crippen molar-refractivity contribution in [2.45, 2.75) is 58.8 Å². The van der Waals surface area contributed by atoms with Gasteiger partial charge in [-0.2, -0.15) is 0 Å². The van der Waals surface area contributed by atoms with Crippen LogP contribution in [0, 0.1) is 18.7 Å². The van der Waals surface area contributed by atoms with E-state index in [0.29, 0.717) is 42.6 Å². The number of amides is 3. The van der Waals surface area contributed by atoms with Gasteiger partial charge in [-0.05, 0) is 48.9 Å². The Morgan fingerprint density at radius 2 is 1.97 bits per heavy atom. The number of hydrogen-bond donors (Lipinski definition) is 1. The maximum Gasteiger partial charge on any atom is 0.255 e. The molecule has 1 fully saturated rings. The molecule has 5 rings (SSSR count). The van der Waals surface area contributed by atoms with Crippen molar-refractivity contribution in [1.82, 2.24) is 20.1 Å². The molecule has 3 amide bonds. The van der Waals surface area contributed by atoms with E-state index in [1.807, 2.05) is 39.0 Å². The van der Waals surface area contributed by atoms with Gasteiger partial charge in [0.25, 0.3) is 5.91 Å². The number of nitrogens with zero attached hydrogens (tertiary/aromatic N) is 3. The van der Waals surface area contributed by atoms with Crippen LogP contribution >= 0.6 is 11.3 Å². The number of thiazole rings is 1. The van der Waals surface area contributed by atoms with Crippen LogP contribution in [0.4, 0.5) is 4.39 Å². The summed E-state index contributed by atoms with van der Waals surface area (Å²) in [6, 6.07) is 11.1. The molecule has 3 aromatic rings. The van der Waals surface area contributed by atoms with Gasteiger partial charge >= 0.3 is 0 Å². The fraction of sp³-hybridized carbons (Fsp3) is 0.379. The van der Waals surface area contributed by atoms with Crippen LogP contribution in [0.2, 0.25) is 0 Å². The summed E-state index contributed by atoms with van der Waals surface area (Å²) >= 11 is 1.39. The fourth-order valence-electron chi connectivity index (χ4n) is 5.47. The Hall–Kier alpha value is -3.59. The van der Waals surface area contributed by atoms with Gasteiger partial charge in [0.2, 0.25) is 11.8 Å². The highest BCUT2D eigenvalue weighted by molar-refractivity contribution is 7.13. The number of hydrogen-bond acceptors (Lipinski definition) is 5. The van der Waals surface area contributed by atoms with E-state index in [2.05, 4.69) is 10.3 Å². The van der Waals surface area contributed by atoms with Crippen LogP contribution in [0.15, 0.2) is 48.0 Å². The number of fused-ring (bicyclic) bond motifs is 1. The molecule has 2 atom stereocenters. The molecule has 0 bridgehead atoms. The van der Waals surface area contributed by atoms with Gasteiger partial charge in [-0.15, -0.1) is 11.3 Å². The van der Waals surface area contributed by atoms with Crippen molar-refractivity contribution in [3.63, 3.8) is 0 Å². The SMILES string of the molecule is Cc1ncsc1-c1ccc(CNC(=O)C2CCCN2C(=O)C(C(C)C)N2Cc3ccccc3C2=O)cc1F. The molecule has 9 heteroatoms. The van der Waals surface area contributed by atoms with Gasteiger partial charge in [0.15, 0.2) is 0 Å². The molecule has 2 aliphatic heterocycles. The van der Waals surface area contributed by atoms with E-state index in [1.54, 1.807) is 33.5 Å². The largest absolute Gasteiger partial charge is 0.350 e. The molecule has 0 spiro atoms. The second-order valence-electron chi connectivity index (χ2n) is 10.3. The molecule has 198 valence electrons. The number of rotatable bonds is 7. The van der Waals surface area contributed by atoms with Crippen molar-refractivity contribution in [3.8, 4) is 10.4 Å². The number of likely N-dealkylation sites (tertiary alicyclic amines) is 1. The lowest BCUT2D eigenvalue weighted by Gasteiger charge is -2.35. The van der Waals surface area contributed by atoms with Crippen molar-refractivity contribution >= 4 is 29.1 Å². The number of halogens is 1. The molecule has 1 saturated heterocycles. The molecule has 2 aromatic carbocycles. The van der Waals surface area contributed by atoms with Crippen LogP contribution in [0.25, 0.3) is 10.4 Å². The first-order valence-corrected chi connectivity index (χ1v) is 13.8. The molecule has 0 saturated carbocycles. The minimum absolute atomic E-state index is 0.117. The Labute approximate surface area is 225 Å². The van der Waals surface area contributed by atoms with Crippen molar-refractivity contribution in [2.75, 3.05) is 6.54 Å². The zero-order valence-corrected chi connectivity index (χ0v) is 22.6. The number of carbonyl (C=O) groups is 3. The smallest absolute Gasteiger partial charge is 0.255 e. The molecule has 2 aliphatic rings. The molecule has 0 aliphatic carbocycles. The van der Waals surface area contributed by atoms with E-state index in [9.17, 15) is 18.8 Å². The van der Waals surface area contributed by atoms with E-state index < -0.39 is 12.1 Å². The van der Waals surface area contributed by atoms with Gasteiger partial charge in [-0.25, -0.2) is 9.37 Å². The minimum Gasteiger partial charge on any atom is -0.350 e. The topological polar surface area (TPSA) is 82.6 Å². The second-order valence-corrected chi connectivity index (χ2v) is 11.1. The lowest BCUT2D eigenvalue weighted by molar-refractivity contribution is -0.143. The van der Waals surface area contributed by atoms with Gasteiger partial charge in [0.05, 0.1) is 16.1 Å². The normalized spacial score (nSPS) is 17.7. The summed E-state index contributed by atoms with van der Waals surface area (Å²) in [5.41, 5.74) is 5.14. The van der Waals surface area contributed by atoms with Crippen LogP contribution in [-0.4, -0.2) is 51.1 Å². The third kappa shape index (κ3) is 4.82. The molecular formula is C29H31FN4O3S. The predicted molar refractivity (Wildman–Crippen MR) is 144 cm³/mol. The molecular weight excluding hydrogens is 503 g/mol. The Balaban J connectivity index is 1.26. The summed E-state index contributed by atoms with van der Waals surface area (Å²) in [5.74, 6) is -1.09. The highest BCUT2D eigenvalue weighted by atomic mass is 32.1. The van der Waals surface area contributed by atoms with Gasteiger partial charge in [0, 0.05) is 30.8 Å². The molecule has 3 heterocycles. The number of carbonyl (C=O) groups excluding carboxylic acids is 3. The maximum atomic E-state index is 14.8. The summed E-state index contributed by atoms with van der Waals surface area (Å²) in [6.07, 6.45) is 1.26. The minimum atomic E-state index is -0.653. The second kappa shape index (κ2) is 10.6. The first-order chi connectivity index (χ1) is 18.3. The van der Waals surface area contributed by atoms with Crippen LogP contribution < -0.4 is 5.32 Å². The van der Waals surface area contributed by atoms with Crippen LogP contribution in [0.3, 0.4) is 0 Å². The Morgan fingerprint density at radius 1 is 1.18 bits per heavy atom. The number of aryl methyl sites for hydroxylation is 1. The molecule has 0 radical (unpaired) electrons. The molecule has 1 aromatic heterocycles. The van der Waals surface area contributed by atoms with E-state index in [-0.39, 0.29) is 36.0 Å².